The predicted octanol–water partition coefficient (Wildman–Crippen LogP) is 9.33. The molecule has 0 amide bonds. The third-order valence-electron chi connectivity index (χ3n) is 8.34. The molecule has 0 bridgehead atoms. The molecule has 0 aromatic heterocycles. The van der Waals surface area contributed by atoms with Gasteiger partial charge >= 0.3 is 35.0 Å². The van der Waals surface area contributed by atoms with E-state index < -0.39 is 23.9 Å². The molecular weight excluding hydrogens is 633 g/mol. The number of carbonyl (C=O) groups is 4. The van der Waals surface area contributed by atoms with Crippen LogP contribution in [0.3, 0.4) is 0 Å². The standard InChI is InChI=1S/2C18H36O2.C4H4O4.Mg/c2*1-2-3-4-5-6-7-8-9-10-11-12-13-14-15-16-17-18(19)20;5-3(6)1-2-4(7)8;/h2*2-17H2,1H3,(H,19,20);1-2H,(H,5,6)(H,7,8);/q;;;+2/p-2/b;;2-1-;. The maximum atomic E-state index is 10.2. The Bertz CT molecular complexity index is 682. The third-order valence-corrected chi connectivity index (χ3v) is 8.34. The molecule has 0 rings (SSSR count). The van der Waals surface area contributed by atoms with Crippen molar-refractivity contribution in [1.29, 1.82) is 0 Å². The van der Waals surface area contributed by atoms with Crippen molar-refractivity contribution >= 4 is 46.9 Å². The van der Waals surface area contributed by atoms with Crippen LogP contribution in [-0.4, -0.2) is 57.1 Å². The molecule has 49 heavy (non-hydrogen) atoms. The van der Waals surface area contributed by atoms with Crippen molar-refractivity contribution in [2.45, 2.75) is 219 Å². The SMILES string of the molecule is CCCCCCCCCCCCCCCCCC(=O)[O-].CCCCCCCCCCCCCCCCCC(=O)[O-].O=C(O)/C=C\C(=O)O.[Mg+2]. The molecule has 9 heteroatoms. The molecule has 0 aliphatic heterocycles. The van der Waals surface area contributed by atoms with Crippen LogP contribution >= 0.6 is 0 Å². The summed E-state index contributed by atoms with van der Waals surface area (Å²) in [5.41, 5.74) is 0. The average Bonchev–Trinajstić information content (AvgIpc) is 3.04. The van der Waals surface area contributed by atoms with Gasteiger partial charge in [0.2, 0.25) is 0 Å². The summed E-state index contributed by atoms with van der Waals surface area (Å²) in [5.74, 6) is -4.32. The first-order valence-electron chi connectivity index (χ1n) is 19.7. The van der Waals surface area contributed by atoms with Gasteiger partial charge in [-0.2, -0.15) is 0 Å². The Labute approximate surface area is 316 Å². The van der Waals surface area contributed by atoms with E-state index in [1.165, 1.54) is 167 Å². The monoisotopic (exact) mass is 707 g/mol. The van der Waals surface area contributed by atoms with Gasteiger partial charge in [0, 0.05) is 24.1 Å². The average molecular weight is 707 g/mol. The van der Waals surface area contributed by atoms with Crippen molar-refractivity contribution in [3.05, 3.63) is 12.2 Å². The Morgan fingerprint density at radius 2 is 0.531 bits per heavy atom. The van der Waals surface area contributed by atoms with E-state index >= 15 is 0 Å². The molecule has 0 aromatic rings. The molecule has 0 spiro atoms. The number of rotatable bonds is 34. The van der Waals surface area contributed by atoms with Crippen LogP contribution in [0.4, 0.5) is 0 Å². The molecule has 0 aromatic carbocycles. The van der Waals surface area contributed by atoms with Crippen molar-refractivity contribution in [2.24, 2.45) is 0 Å². The first-order valence-corrected chi connectivity index (χ1v) is 19.7. The summed E-state index contributed by atoms with van der Waals surface area (Å²) < 4.78 is 0. The van der Waals surface area contributed by atoms with Gasteiger partial charge in [0.15, 0.2) is 0 Å². The van der Waals surface area contributed by atoms with Crippen LogP contribution in [0.2, 0.25) is 0 Å². The van der Waals surface area contributed by atoms with Crippen LogP contribution in [0.25, 0.3) is 0 Å². The van der Waals surface area contributed by atoms with Crippen LogP contribution in [-0.2, 0) is 19.2 Å². The second-order valence-corrected chi connectivity index (χ2v) is 13.2. The first-order chi connectivity index (χ1) is 23.2. The van der Waals surface area contributed by atoms with Gasteiger partial charge in [0.25, 0.3) is 0 Å². The Hall–Kier alpha value is -1.61. The number of carboxylic acid groups (broad SMARTS) is 4. The molecule has 0 heterocycles. The third kappa shape index (κ3) is 65.4. The minimum atomic E-state index is -1.26. The van der Waals surface area contributed by atoms with E-state index in [1.807, 2.05) is 0 Å². The predicted molar refractivity (Wildman–Crippen MR) is 199 cm³/mol. The van der Waals surface area contributed by atoms with Gasteiger partial charge in [-0.1, -0.05) is 194 Å². The van der Waals surface area contributed by atoms with E-state index in [-0.39, 0.29) is 35.9 Å². The zero-order valence-corrected chi connectivity index (χ0v) is 33.2. The molecule has 0 saturated carbocycles. The maximum Gasteiger partial charge on any atom is 2.00 e. The van der Waals surface area contributed by atoms with E-state index in [4.69, 9.17) is 10.2 Å². The zero-order chi connectivity index (χ0) is 36.4. The summed E-state index contributed by atoms with van der Waals surface area (Å²) in [4.78, 5) is 39.6. The molecule has 8 nitrogen and oxygen atoms in total. The fourth-order valence-corrected chi connectivity index (χ4v) is 5.42. The van der Waals surface area contributed by atoms with E-state index in [9.17, 15) is 29.4 Å². The maximum absolute atomic E-state index is 10.2. The van der Waals surface area contributed by atoms with Gasteiger partial charge in [-0.3, -0.25) is 0 Å². The minimum Gasteiger partial charge on any atom is -0.550 e. The van der Waals surface area contributed by atoms with Gasteiger partial charge in [-0.25, -0.2) is 9.59 Å². The quantitative estimate of drug-likeness (QED) is 0.0381. The second-order valence-electron chi connectivity index (χ2n) is 13.2. The summed E-state index contributed by atoms with van der Waals surface area (Å²) in [6.45, 7) is 4.53. The molecule has 0 unspecified atom stereocenters. The number of carboxylic acids is 4. The molecule has 0 fully saturated rings. The van der Waals surface area contributed by atoms with Crippen LogP contribution in [0.15, 0.2) is 12.2 Å². The summed E-state index contributed by atoms with van der Waals surface area (Å²) in [6.07, 6.45) is 40.8. The van der Waals surface area contributed by atoms with E-state index in [0.29, 0.717) is 12.2 Å². The van der Waals surface area contributed by atoms with Gasteiger partial charge in [0.1, 0.15) is 0 Å². The number of hydrogen-bond acceptors (Lipinski definition) is 6. The largest absolute Gasteiger partial charge is 2.00 e. The van der Waals surface area contributed by atoms with Gasteiger partial charge in [-0.15, -0.1) is 0 Å². The van der Waals surface area contributed by atoms with Crippen molar-refractivity contribution in [3.63, 3.8) is 0 Å². The number of carbonyl (C=O) groups excluding carboxylic acids is 2. The van der Waals surface area contributed by atoms with E-state index in [0.717, 1.165) is 25.7 Å². The van der Waals surface area contributed by atoms with Crippen molar-refractivity contribution in [1.82, 2.24) is 0 Å². The van der Waals surface area contributed by atoms with Crippen molar-refractivity contribution < 1.29 is 39.6 Å². The number of unbranched alkanes of at least 4 members (excludes halogenated alkanes) is 28. The summed E-state index contributed by atoms with van der Waals surface area (Å²) in [6, 6.07) is 0. The first kappa shape index (κ1) is 54.2. The van der Waals surface area contributed by atoms with Crippen molar-refractivity contribution in [2.75, 3.05) is 0 Å². The zero-order valence-electron chi connectivity index (χ0n) is 31.8. The van der Waals surface area contributed by atoms with Gasteiger partial charge in [-0.05, 0) is 25.7 Å². The van der Waals surface area contributed by atoms with Gasteiger partial charge in [0.05, 0.1) is 0 Å². The fraction of sp³-hybridized carbons (Fsp3) is 0.850. The number of aliphatic carboxylic acids is 4. The Morgan fingerprint density at radius 3 is 0.673 bits per heavy atom. The molecular formula is C40H74MgO8. The number of hydrogen-bond donors (Lipinski definition) is 2. The Morgan fingerprint density at radius 1 is 0.367 bits per heavy atom. The van der Waals surface area contributed by atoms with Crippen LogP contribution in [0, 0.1) is 0 Å². The second kappa shape index (κ2) is 48.5. The molecule has 0 aliphatic rings. The van der Waals surface area contributed by atoms with Gasteiger partial charge < -0.3 is 30.0 Å². The summed E-state index contributed by atoms with van der Waals surface area (Å²) in [7, 11) is 0. The topological polar surface area (TPSA) is 155 Å². The smallest absolute Gasteiger partial charge is 0.550 e. The Kier molecular flexibility index (Phi) is 53.6. The van der Waals surface area contributed by atoms with Crippen LogP contribution < -0.4 is 10.2 Å². The van der Waals surface area contributed by atoms with Crippen LogP contribution in [0.5, 0.6) is 0 Å². The van der Waals surface area contributed by atoms with Crippen LogP contribution in [0.1, 0.15) is 219 Å². The summed E-state index contributed by atoms with van der Waals surface area (Å²) >= 11 is 0. The fourth-order valence-electron chi connectivity index (χ4n) is 5.42. The molecule has 0 radical (unpaired) electrons. The minimum absolute atomic E-state index is 0. The molecule has 0 atom stereocenters. The van der Waals surface area contributed by atoms with E-state index in [2.05, 4.69) is 13.8 Å². The molecule has 0 saturated heterocycles. The summed E-state index contributed by atoms with van der Waals surface area (Å²) in [5, 5.41) is 36.1. The van der Waals surface area contributed by atoms with E-state index in [1.54, 1.807) is 0 Å². The molecule has 2 N–H and O–H groups in total. The molecule has 0 aliphatic carbocycles. The molecule has 284 valence electrons. The van der Waals surface area contributed by atoms with Crippen molar-refractivity contribution in [3.8, 4) is 0 Å². The Balaban J connectivity index is -0.000000333. The normalized spacial score (nSPS) is 10.4.